The summed E-state index contributed by atoms with van der Waals surface area (Å²) in [7, 11) is 0. The Hall–Kier alpha value is -0.490. The van der Waals surface area contributed by atoms with Gasteiger partial charge in [0.2, 0.25) is 0 Å². The van der Waals surface area contributed by atoms with E-state index in [1.165, 1.54) is 18.4 Å². The zero-order valence-corrected chi connectivity index (χ0v) is 10.9. The summed E-state index contributed by atoms with van der Waals surface area (Å²) in [6, 6.07) is 8.19. The lowest BCUT2D eigenvalue weighted by atomic mass is 9.73. The summed E-state index contributed by atoms with van der Waals surface area (Å²) < 4.78 is 0. The number of halogens is 1. The van der Waals surface area contributed by atoms with Gasteiger partial charge in [-0.1, -0.05) is 63.9 Å². The molecule has 0 saturated carbocycles. The zero-order valence-electron chi connectivity index (χ0n) is 10.2. The van der Waals surface area contributed by atoms with Gasteiger partial charge >= 0.3 is 0 Å². The summed E-state index contributed by atoms with van der Waals surface area (Å²) in [5.41, 5.74) is 1.59. The van der Waals surface area contributed by atoms with E-state index < -0.39 is 0 Å². The Morgan fingerprint density at radius 3 is 2.40 bits per heavy atom. The van der Waals surface area contributed by atoms with Gasteiger partial charge in [-0.15, -0.1) is 0 Å². The quantitative estimate of drug-likeness (QED) is 0.654. The van der Waals surface area contributed by atoms with Crippen molar-refractivity contribution in [3.8, 4) is 0 Å². The number of hydrogen-bond acceptors (Lipinski definition) is 0. The standard InChI is InChI=1S/C14H21Cl/c1-5-10-14(3,4)11(2)12-8-6-7-9-13(12)15/h6-9,11H,5,10H2,1-4H3/t11-/m1/s1. The van der Waals surface area contributed by atoms with Crippen LogP contribution in [0.25, 0.3) is 0 Å². The molecule has 0 heterocycles. The Morgan fingerprint density at radius 2 is 1.87 bits per heavy atom. The van der Waals surface area contributed by atoms with Gasteiger partial charge in [0.25, 0.3) is 0 Å². The van der Waals surface area contributed by atoms with Crippen molar-refractivity contribution in [1.29, 1.82) is 0 Å². The minimum atomic E-state index is 0.319. The Morgan fingerprint density at radius 1 is 1.27 bits per heavy atom. The summed E-state index contributed by atoms with van der Waals surface area (Å²) in [6.45, 7) is 9.16. The average Bonchev–Trinajstić information content (AvgIpc) is 2.17. The van der Waals surface area contributed by atoms with Gasteiger partial charge in [0.15, 0.2) is 0 Å². The van der Waals surface area contributed by atoms with Crippen molar-refractivity contribution in [2.75, 3.05) is 0 Å². The molecular weight excluding hydrogens is 204 g/mol. The predicted octanol–water partition coefficient (Wildman–Crippen LogP) is 5.27. The Labute approximate surface area is 98.7 Å². The van der Waals surface area contributed by atoms with Crippen LogP contribution in [0.4, 0.5) is 0 Å². The van der Waals surface area contributed by atoms with Crippen molar-refractivity contribution in [3.05, 3.63) is 34.9 Å². The van der Waals surface area contributed by atoms with E-state index in [2.05, 4.69) is 39.8 Å². The molecule has 0 spiro atoms. The van der Waals surface area contributed by atoms with Gasteiger partial charge in [-0.2, -0.15) is 0 Å². The number of benzene rings is 1. The van der Waals surface area contributed by atoms with Crippen LogP contribution < -0.4 is 0 Å². The monoisotopic (exact) mass is 224 g/mol. The Kier molecular flexibility index (Phi) is 4.21. The molecule has 0 radical (unpaired) electrons. The number of hydrogen-bond donors (Lipinski definition) is 0. The number of rotatable bonds is 4. The van der Waals surface area contributed by atoms with E-state index in [0.29, 0.717) is 11.3 Å². The lowest BCUT2D eigenvalue weighted by Gasteiger charge is -2.32. The van der Waals surface area contributed by atoms with Crippen LogP contribution in [0.3, 0.4) is 0 Å². The van der Waals surface area contributed by atoms with Crippen molar-refractivity contribution < 1.29 is 0 Å². The highest BCUT2D eigenvalue weighted by Crippen LogP contribution is 2.41. The first kappa shape index (κ1) is 12.6. The van der Waals surface area contributed by atoms with Gasteiger partial charge in [-0.05, 0) is 29.4 Å². The molecule has 1 rings (SSSR count). The molecule has 1 aromatic carbocycles. The molecule has 15 heavy (non-hydrogen) atoms. The van der Waals surface area contributed by atoms with Gasteiger partial charge in [0, 0.05) is 5.02 Å². The van der Waals surface area contributed by atoms with Crippen molar-refractivity contribution in [1.82, 2.24) is 0 Å². The minimum absolute atomic E-state index is 0.319. The van der Waals surface area contributed by atoms with E-state index >= 15 is 0 Å². The van der Waals surface area contributed by atoms with Crippen molar-refractivity contribution >= 4 is 11.6 Å². The van der Waals surface area contributed by atoms with Crippen LogP contribution in [0, 0.1) is 5.41 Å². The van der Waals surface area contributed by atoms with E-state index in [0.717, 1.165) is 5.02 Å². The molecule has 0 aliphatic carbocycles. The van der Waals surface area contributed by atoms with Gasteiger partial charge in [-0.25, -0.2) is 0 Å². The summed E-state index contributed by atoms with van der Waals surface area (Å²) in [5, 5.41) is 0.897. The van der Waals surface area contributed by atoms with Crippen LogP contribution in [0.1, 0.15) is 52.0 Å². The van der Waals surface area contributed by atoms with E-state index in [4.69, 9.17) is 11.6 Å². The minimum Gasteiger partial charge on any atom is -0.0840 e. The second-order valence-corrected chi connectivity index (χ2v) is 5.39. The Balaban J connectivity index is 2.93. The lowest BCUT2D eigenvalue weighted by Crippen LogP contribution is -2.19. The van der Waals surface area contributed by atoms with Crippen LogP contribution >= 0.6 is 11.6 Å². The molecule has 84 valence electrons. The molecule has 0 aliphatic heterocycles. The predicted molar refractivity (Wildman–Crippen MR) is 68.6 cm³/mol. The van der Waals surface area contributed by atoms with Crippen LogP contribution in [0.2, 0.25) is 5.02 Å². The summed E-state index contributed by atoms with van der Waals surface area (Å²) in [4.78, 5) is 0. The fourth-order valence-electron chi connectivity index (χ4n) is 2.11. The fraction of sp³-hybridized carbons (Fsp3) is 0.571. The topological polar surface area (TPSA) is 0 Å². The first-order chi connectivity index (χ1) is 6.99. The second-order valence-electron chi connectivity index (χ2n) is 4.98. The van der Waals surface area contributed by atoms with Crippen molar-refractivity contribution in [2.45, 2.75) is 46.5 Å². The largest absolute Gasteiger partial charge is 0.0840 e. The van der Waals surface area contributed by atoms with Crippen LogP contribution in [-0.2, 0) is 0 Å². The third kappa shape index (κ3) is 2.98. The van der Waals surface area contributed by atoms with Gasteiger partial charge in [-0.3, -0.25) is 0 Å². The maximum absolute atomic E-state index is 6.23. The van der Waals surface area contributed by atoms with E-state index in [1.54, 1.807) is 0 Å². The van der Waals surface area contributed by atoms with Gasteiger partial charge in [0.05, 0.1) is 0 Å². The maximum Gasteiger partial charge on any atom is 0.0440 e. The normalized spacial score (nSPS) is 13.9. The molecule has 0 unspecified atom stereocenters. The van der Waals surface area contributed by atoms with Gasteiger partial charge in [0.1, 0.15) is 0 Å². The van der Waals surface area contributed by atoms with Crippen LogP contribution in [0.15, 0.2) is 24.3 Å². The highest BCUT2D eigenvalue weighted by atomic mass is 35.5. The van der Waals surface area contributed by atoms with E-state index in [9.17, 15) is 0 Å². The van der Waals surface area contributed by atoms with Crippen molar-refractivity contribution in [2.24, 2.45) is 5.41 Å². The maximum atomic E-state index is 6.23. The summed E-state index contributed by atoms with van der Waals surface area (Å²) in [6.07, 6.45) is 2.46. The molecule has 1 atom stereocenters. The second kappa shape index (κ2) is 5.03. The van der Waals surface area contributed by atoms with Crippen LogP contribution in [0.5, 0.6) is 0 Å². The molecule has 0 aliphatic rings. The lowest BCUT2D eigenvalue weighted by molar-refractivity contribution is 0.273. The SMILES string of the molecule is CCCC(C)(C)[C@H](C)c1ccccc1Cl. The highest BCUT2D eigenvalue weighted by Gasteiger charge is 2.27. The molecule has 0 amide bonds. The van der Waals surface area contributed by atoms with Crippen LogP contribution in [-0.4, -0.2) is 0 Å². The first-order valence-corrected chi connectivity index (χ1v) is 6.11. The molecule has 0 bridgehead atoms. The molecule has 0 aromatic heterocycles. The van der Waals surface area contributed by atoms with E-state index in [1.807, 2.05) is 12.1 Å². The summed E-state index contributed by atoms with van der Waals surface area (Å²) >= 11 is 6.23. The molecule has 0 fully saturated rings. The smallest absolute Gasteiger partial charge is 0.0440 e. The Bertz CT molecular complexity index is 315. The first-order valence-electron chi connectivity index (χ1n) is 5.73. The summed E-state index contributed by atoms with van der Waals surface area (Å²) in [5.74, 6) is 0.506. The van der Waals surface area contributed by atoms with E-state index in [-0.39, 0.29) is 0 Å². The molecular formula is C14H21Cl. The molecule has 0 saturated heterocycles. The molecule has 0 N–H and O–H groups in total. The zero-order chi connectivity index (χ0) is 11.5. The van der Waals surface area contributed by atoms with Crippen molar-refractivity contribution in [3.63, 3.8) is 0 Å². The van der Waals surface area contributed by atoms with Gasteiger partial charge < -0.3 is 0 Å². The fourth-order valence-corrected chi connectivity index (χ4v) is 2.41. The molecule has 1 heteroatoms. The third-order valence-corrected chi connectivity index (χ3v) is 3.78. The molecule has 1 aromatic rings. The third-order valence-electron chi connectivity index (χ3n) is 3.44. The highest BCUT2D eigenvalue weighted by molar-refractivity contribution is 6.31. The molecule has 0 nitrogen and oxygen atoms in total. The average molecular weight is 225 g/mol.